The molecule has 0 radical (unpaired) electrons. The number of hydrogen-bond donors (Lipinski definition) is 0. The summed E-state index contributed by atoms with van der Waals surface area (Å²) >= 11 is 6.13. The Morgan fingerprint density at radius 1 is 1.25 bits per heavy atom. The highest BCUT2D eigenvalue weighted by Gasteiger charge is 2.65. The van der Waals surface area contributed by atoms with Gasteiger partial charge in [0.1, 0.15) is 11.6 Å². The van der Waals surface area contributed by atoms with E-state index in [4.69, 9.17) is 11.6 Å². The Bertz CT molecular complexity index is 1000. The molecule has 0 N–H and O–H groups in total. The van der Waals surface area contributed by atoms with E-state index < -0.39 is 33.2 Å². The molecular weight excluding hydrogens is 467 g/mol. The van der Waals surface area contributed by atoms with Crippen LogP contribution in [0.3, 0.4) is 0 Å². The molecule has 2 bridgehead atoms. The molecule has 1 unspecified atom stereocenters. The van der Waals surface area contributed by atoms with Gasteiger partial charge in [0.05, 0.1) is 17.4 Å². The average molecular weight is 494 g/mol. The Balaban J connectivity index is 1.51. The maximum absolute atomic E-state index is 13.5. The molecule has 4 rings (SSSR count). The topological polar surface area (TPSA) is 70.6 Å². The second kappa shape index (κ2) is 7.84. The molecule has 3 aliphatic rings. The van der Waals surface area contributed by atoms with Gasteiger partial charge in [-0.25, -0.2) is 13.4 Å². The van der Waals surface area contributed by atoms with Crippen LogP contribution in [0.2, 0.25) is 0 Å². The first kappa shape index (κ1) is 23.8. The third-order valence-electron chi connectivity index (χ3n) is 7.93. The van der Waals surface area contributed by atoms with Crippen LogP contribution in [0, 0.1) is 16.7 Å². The quantitative estimate of drug-likeness (QED) is 0.587. The monoisotopic (exact) mass is 493 g/mol. The van der Waals surface area contributed by atoms with Crippen LogP contribution in [0.1, 0.15) is 38.7 Å². The van der Waals surface area contributed by atoms with Crippen molar-refractivity contribution >= 4 is 33.2 Å². The molecule has 1 aliphatic heterocycles. The number of carbonyl (C=O) groups is 1. The summed E-state index contributed by atoms with van der Waals surface area (Å²) in [5.41, 5.74) is -2.06. The molecule has 2 saturated carbocycles. The maximum atomic E-state index is 13.5. The molecule has 3 fully saturated rings. The summed E-state index contributed by atoms with van der Waals surface area (Å²) in [6.45, 7) is 4.62. The number of aromatic nitrogens is 1. The molecule has 11 heteroatoms. The Kier molecular flexibility index (Phi) is 5.82. The van der Waals surface area contributed by atoms with Gasteiger partial charge in [-0.05, 0) is 36.3 Å². The zero-order valence-corrected chi connectivity index (χ0v) is 19.6. The lowest BCUT2D eigenvalue weighted by Gasteiger charge is -2.43. The molecule has 1 aromatic rings. The molecule has 0 amide bonds. The van der Waals surface area contributed by atoms with Gasteiger partial charge in [-0.1, -0.05) is 13.8 Å². The first-order chi connectivity index (χ1) is 14.8. The number of anilines is 1. The van der Waals surface area contributed by atoms with Crippen molar-refractivity contribution in [3.05, 3.63) is 23.9 Å². The van der Waals surface area contributed by atoms with Crippen LogP contribution in [-0.4, -0.2) is 60.8 Å². The number of ketones is 1. The summed E-state index contributed by atoms with van der Waals surface area (Å²) < 4.78 is 66.8. The highest BCUT2D eigenvalue weighted by Crippen LogP contribution is 2.64. The highest BCUT2D eigenvalue weighted by molar-refractivity contribution is 7.89. The van der Waals surface area contributed by atoms with Crippen LogP contribution in [0.4, 0.5) is 19.0 Å². The molecule has 0 spiro atoms. The molecule has 1 saturated heterocycles. The fraction of sp³-hybridized carbons (Fsp3) is 0.714. The maximum Gasteiger partial charge on any atom is 0.417 e. The van der Waals surface area contributed by atoms with Crippen molar-refractivity contribution in [2.45, 2.75) is 45.3 Å². The van der Waals surface area contributed by atoms with Crippen LogP contribution in [0.5, 0.6) is 0 Å². The van der Waals surface area contributed by atoms with Crippen molar-refractivity contribution in [2.75, 3.05) is 36.2 Å². The van der Waals surface area contributed by atoms with Crippen molar-refractivity contribution in [3.8, 4) is 0 Å². The predicted molar refractivity (Wildman–Crippen MR) is 115 cm³/mol. The number of nitrogens with zero attached hydrogens (tertiary/aromatic N) is 3. The summed E-state index contributed by atoms with van der Waals surface area (Å²) in [7, 11) is -3.78. The zero-order chi connectivity index (χ0) is 23.5. The average Bonchev–Trinajstić information content (AvgIpc) is 3.06. The van der Waals surface area contributed by atoms with E-state index in [-0.39, 0.29) is 48.4 Å². The minimum absolute atomic E-state index is 0.0311. The molecule has 2 heterocycles. The summed E-state index contributed by atoms with van der Waals surface area (Å²) in [5.74, 6) is 0.417. The molecule has 178 valence electrons. The molecular formula is C21H27ClF3N3O3S. The minimum Gasteiger partial charge on any atom is -0.354 e. The lowest BCUT2D eigenvalue weighted by atomic mass is 9.70. The SMILES string of the molecule is CC1(C)[C@@H]2CC[C@@]1(CS(=O)(=O)N1CCN(c3ccc(C(F)(F)F)cn3)CC1CCl)C(=O)C2. The third-order valence-corrected chi connectivity index (χ3v) is 10.3. The number of alkyl halides is 4. The van der Waals surface area contributed by atoms with E-state index in [9.17, 15) is 26.4 Å². The van der Waals surface area contributed by atoms with Crippen molar-refractivity contribution in [1.82, 2.24) is 9.29 Å². The Labute approximate surface area is 191 Å². The number of carbonyl (C=O) groups excluding carboxylic acids is 1. The minimum atomic E-state index is -4.47. The molecule has 2 aliphatic carbocycles. The van der Waals surface area contributed by atoms with Crippen LogP contribution < -0.4 is 4.90 Å². The largest absolute Gasteiger partial charge is 0.417 e. The molecule has 32 heavy (non-hydrogen) atoms. The number of sulfonamides is 1. The van der Waals surface area contributed by atoms with E-state index >= 15 is 0 Å². The van der Waals surface area contributed by atoms with E-state index in [1.54, 1.807) is 4.90 Å². The van der Waals surface area contributed by atoms with E-state index in [0.29, 0.717) is 18.7 Å². The second-order valence-electron chi connectivity index (χ2n) is 9.69. The van der Waals surface area contributed by atoms with Crippen LogP contribution in [0.25, 0.3) is 0 Å². The molecule has 6 nitrogen and oxygen atoms in total. The zero-order valence-electron chi connectivity index (χ0n) is 18.0. The normalized spacial score (nSPS) is 30.8. The number of hydrogen-bond acceptors (Lipinski definition) is 5. The Hall–Kier alpha value is -1.39. The number of piperazine rings is 1. The van der Waals surface area contributed by atoms with Gasteiger partial charge < -0.3 is 4.90 Å². The molecule has 0 aromatic carbocycles. The second-order valence-corrected chi connectivity index (χ2v) is 11.9. The summed E-state index contributed by atoms with van der Waals surface area (Å²) in [6.07, 6.45) is -1.81. The van der Waals surface area contributed by atoms with Gasteiger partial charge in [0.2, 0.25) is 10.0 Å². The van der Waals surface area contributed by atoms with E-state index in [0.717, 1.165) is 18.7 Å². The number of rotatable bonds is 5. The lowest BCUT2D eigenvalue weighted by molar-refractivity contribution is -0.137. The van der Waals surface area contributed by atoms with E-state index in [1.165, 1.54) is 10.4 Å². The van der Waals surface area contributed by atoms with Gasteiger partial charge in [0, 0.05) is 43.5 Å². The Morgan fingerprint density at radius 2 is 1.97 bits per heavy atom. The van der Waals surface area contributed by atoms with Crippen LogP contribution in [0.15, 0.2) is 18.3 Å². The number of Topliss-reactive ketones (excluding diaryl/α,β-unsaturated/α-hetero) is 1. The van der Waals surface area contributed by atoms with Crippen molar-refractivity contribution in [2.24, 2.45) is 16.7 Å². The predicted octanol–water partition coefficient (Wildman–Crippen LogP) is 3.56. The third kappa shape index (κ3) is 3.72. The Morgan fingerprint density at radius 3 is 2.47 bits per heavy atom. The fourth-order valence-corrected chi connectivity index (χ4v) is 8.55. The molecule has 1 aromatic heterocycles. The van der Waals surface area contributed by atoms with Gasteiger partial charge in [0.25, 0.3) is 0 Å². The van der Waals surface area contributed by atoms with Crippen molar-refractivity contribution < 1.29 is 26.4 Å². The smallest absolute Gasteiger partial charge is 0.354 e. The molecule has 3 atom stereocenters. The van der Waals surface area contributed by atoms with Crippen molar-refractivity contribution in [1.29, 1.82) is 0 Å². The lowest BCUT2D eigenvalue weighted by Crippen LogP contribution is -2.58. The van der Waals surface area contributed by atoms with Crippen LogP contribution >= 0.6 is 11.6 Å². The van der Waals surface area contributed by atoms with Gasteiger partial charge in [0.15, 0.2) is 0 Å². The summed E-state index contributed by atoms with van der Waals surface area (Å²) in [5, 5.41) is 0. The van der Waals surface area contributed by atoms with Crippen molar-refractivity contribution in [3.63, 3.8) is 0 Å². The van der Waals surface area contributed by atoms with E-state index in [2.05, 4.69) is 4.98 Å². The number of fused-ring (bicyclic) bond motifs is 2. The first-order valence-electron chi connectivity index (χ1n) is 10.7. The first-order valence-corrected chi connectivity index (χ1v) is 12.8. The highest BCUT2D eigenvalue weighted by atomic mass is 35.5. The van der Waals surface area contributed by atoms with Gasteiger partial charge in [-0.3, -0.25) is 4.79 Å². The number of pyridine rings is 1. The fourth-order valence-electron chi connectivity index (χ4n) is 5.78. The summed E-state index contributed by atoms with van der Waals surface area (Å²) in [4.78, 5) is 18.5. The van der Waals surface area contributed by atoms with E-state index in [1.807, 2.05) is 13.8 Å². The summed E-state index contributed by atoms with van der Waals surface area (Å²) in [6, 6.07) is 1.69. The number of halogens is 4. The van der Waals surface area contributed by atoms with Crippen LogP contribution in [-0.2, 0) is 21.0 Å². The van der Waals surface area contributed by atoms with Gasteiger partial charge in [-0.2, -0.15) is 17.5 Å². The van der Waals surface area contributed by atoms with Gasteiger partial charge in [-0.15, -0.1) is 11.6 Å². The van der Waals surface area contributed by atoms with Gasteiger partial charge >= 0.3 is 6.18 Å². The standard InChI is InChI=1S/C21H27ClF3N3O3S/c1-19(2)14-5-6-20(19,17(29)9-14)13-32(30,31)28-8-7-27(12-16(28)10-22)18-4-3-15(11-26-18)21(23,24)25/h3-4,11,14,16H,5-10,12-13H2,1-2H3/t14-,16?,20-/m1/s1.